The number of rotatable bonds is 12. The quantitative estimate of drug-likeness (QED) is 0.362. The van der Waals surface area contributed by atoms with Crippen LogP contribution < -0.4 is 0 Å². The van der Waals surface area contributed by atoms with Gasteiger partial charge in [0.15, 0.2) is 0 Å². The molecule has 1 aliphatic rings. The third-order valence-electron chi connectivity index (χ3n) is 3.82. The maximum atomic E-state index is 10.6. The third-order valence-corrected chi connectivity index (χ3v) is 3.82. The first-order valence-corrected chi connectivity index (χ1v) is 8.02. The lowest BCUT2D eigenvalue weighted by Gasteiger charge is -2.25. The first-order valence-electron chi connectivity index (χ1n) is 8.02. The summed E-state index contributed by atoms with van der Waals surface area (Å²) in [6, 6.07) is 0. The number of cyclic esters (lactones) is 1. The van der Waals surface area contributed by atoms with Crippen molar-refractivity contribution in [1.29, 1.82) is 0 Å². The Morgan fingerprint density at radius 1 is 0.889 bits per heavy atom. The second-order valence-electron chi connectivity index (χ2n) is 5.64. The van der Waals surface area contributed by atoms with Crippen LogP contribution in [0.4, 0.5) is 0 Å². The lowest BCUT2D eigenvalue weighted by molar-refractivity contribution is -0.169. The molecule has 2 nitrogen and oxygen atoms in total. The van der Waals surface area contributed by atoms with Gasteiger partial charge >= 0.3 is 5.97 Å². The Morgan fingerprint density at radius 3 is 1.78 bits per heavy atom. The topological polar surface area (TPSA) is 26.3 Å². The normalized spacial score (nSPS) is 18.5. The average molecular weight is 254 g/mol. The maximum Gasteiger partial charge on any atom is 0.309 e. The molecule has 0 aromatic heterocycles. The van der Waals surface area contributed by atoms with E-state index in [0.29, 0.717) is 6.42 Å². The fraction of sp³-hybridized carbons (Fsp3) is 0.938. The highest BCUT2D eigenvalue weighted by Gasteiger charge is 2.27. The van der Waals surface area contributed by atoms with E-state index in [2.05, 4.69) is 6.92 Å². The highest BCUT2D eigenvalue weighted by molar-refractivity contribution is 5.75. The summed E-state index contributed by atoms with van der Waals surface area (Å²) >= 11 is 0. The minimum Gasteiger partial charge on any atom is -0.462 e. The van der Waals surface area contributed by atoms with Gasteiger partial charge < -0.3 is 4.74 Å². The fourth-order valence-corrected chi connectivity index (χ4v) is 2.56. The Kier molecular flexibility index (Phi) is 8.97. The van der Waals surface area contributed by atoms with Crippen LogP contribution in [0.2, 0.25) is 0 Å². The molecule has 106 valence electrons. The zero-order valence-corrected chi connectivity index (χ0v) is 12.1. The monoisotopic (exact) mass is 254 g/mol. The molecular formula is C16H30O2. The molecule has 0 spiro atoms. The standard InChI is InChI=1S/C16H30O2/c1-2-3-4-5-6-7-8-9-10-11-12-13-15-14-16(17)18-15/h15H,2-14H2,1H3/t15-/m0/s1. The molecule has 0 amide bonds. The van der Waals surface area contributed by atoms with Crippen LogP contribution in [0.1, 0.15) is 90.4 Å². The Balaban J connectivity index is 1.67. The molecule has 0 unspecified atom stereocenters. The molecule has 1 aliphatic heterocycles. The molecule has 2 heteroatoms. The lowest BCUT2D eigenvalue weighted by Crippen LogP contribution is -2.32. The van der Waals surface area contributed by atoms with Crippen molar-refractivity contribution in [2.45, 2.75) is 96.5 Å². The summed E-state index contributed by atoms with van der Waals surface area (Å²) in [6.07, 6.45) is 17.2. The number of carbonyl (C=O) groups excluding carboxylic acids is 1. The van der Waals surface area contributed by atoms with Crippen molar-refractivity contribution in [3.05, 3.63) is 0 Å². The number of hydrogen-bond acceptors (Lipinski definition) is 2. The Hall–Kier alpha value is -0.530. The summed E-state index contributed by atoms with van der Waals surface area (Å²) in [5.74, 6) is -0.0110. The van der Waals surface area contributed by atoms with E-state index in [0.717, 1.165) is 6.42 Å². The van der Waals surface area contributed by atoms with Crippen LogP contribution in [0.3, 0.4) is 0 Å². The van der Waals surface area contributed by atoms with Crippen molar-refractivity contribution in [2.24, 2.45) is 0 Å². The summed E-state index contributed by atoms with van der Waals surface area (Å²) in [6.45, 7) is 2.27. The van der Waals surface area contributed by atoms with Gasteiger partial charge in [-0.1, -0.05) is 71.1 Å². The van der Waals surface area contributed by atoms with Gasteiger partial charge in [-0.2, -0.15) is 0 Å². The maximum absolute atomic E-state index is 10.6. The molecule has 1 fully saturated rings. The number of carbonyl (C=O) groups is 1. The van der Waals surface area contributed by atoms with Crippen LogP contribution in [0.25, 0.3) is 0 Å². The summed E-state index contributed by atoms with van der Waals surface area (Å²) in [5.41, 5.74) is 0. The van der Waals surface area contributed by atoms with Gasteiger partial charge in [-0.25, -0.2) is 0 Å². The van der Waals surface area contributed by atoms with Crippen LogP contribution in [-0.2, 0) is 9.53 Å². The van der Waals surface area contributed by atoms with E-state index in [1.165, 1.54) is 70.6 Å². The van der Waals surface area contributed by atoms with E-state index in [9.17, 15) is 4.79 Å². The smallest absolute Gasteiger partial charge is 0.309 e. The van der Waals surface area contributed by atoms with Crippen molar-refractivity contribution < 1.29 is 9.53 Å². The predicted octanol–water partition coefficient (Wildman–Crippen LogP) is 5.00. The zero-order valence-electron chi connectivity index (χ0n) is 12.1. The van der Waals surface area contributed by atoms with Crippen molar-refractivity contribution >= 4 is 5.97 Å². The lowest BCUT2D eigenvalue weighted by atomic mass is 10.0. The van der Waals surface area contributed by atoms with Crippen LogP contribution in [0.5, 0.6) is 0 Å². The molecule has 0 radical (unpaired) electrons. The summed E-state index contributed by atoms with van der Waals surface area (Å²) in [4.78, 5) is 10.6. The van der Waals surface area contributed by atoms with E-state index in [1.54, 1.807) is 0 Å². The number of unbranched alkanes of at least 4 members (excludes halogenated alkanes) is 10. The fourth-order valence-electron chi connectivity index (χ4n) is 2.56. The van der Waals surface area contributed by atoms with E-state index in [4.69, 9.17) is 4.74 Å². The second-order valence-corrected chi connectivity index (χ2v) is 5.64. The minimum atomic E-state index is -0.0110. The van der Waals surface area contributed by atoms with Gasteiger partial charge in [0, 0.05) is 0 Å². The van der Waals surface area contributed by atoms with Crippen molar-refractivity contribution in [3.63, 3.8) is 0 Å². The number of ether oxygens (including phenoxy) is 1. The molecule has 0 aliphatic carbocycles. The van der Waals surface area contributed by atoms with Crippen LogP contribution in [-0.4, -0.2) is 12.1 Å². The highest BCUT2D eigenvalue weighted by Crippen LogP contribution is 2.20. The molecular weight excluding hydrogens is 224 g/mol. The average Bonchev–Trinajstić information content (AvgIpc) is 2.33. The van der Waals surface area contributed by atoms with Crippen molar-refractivity contribution in [2.75, 3.05) is 0 Å². The predicted molar refractivity (Wildman–Crippen MR) is 75.6 cm³/mol. The number of hydrogen-bond donors (Lipinski definition) is 0. The summed E-state index contributed by atoms with van der Waals surface area (Å²) in [7, 11) is 0. The minimum absolute atomic E-state index is 0.0110. The van der Waals surface area contributed by atoms with E-state index >= 15 is 0 Å². The van der Waals surface area contributed by atoms with Crippen LogP contribution >= 0.6 is 0 Å². The second kappa shape index (κ2) is 10.4. The third kappa shape index (κ3) is 7.73. The van der Waals surface area contributed by atoms with Gasteiger partial charge in [0.1, 0.15) is 6.10 Å². The molecule has 1 heterocycles. The Morgan fingerprint density at radius 2 is 1.33 bits per heavy atom. The molecule has 0 aromatic rings. The van der Waals surface area contributed by atoms with E-state index in [1.807, 2.05) is 0 Å². The highest BCUT2D eigenvalue weighted by atomic mass is 16.6. The molecule has 1 rings (SSSR count). The van der Waals surface area contributed by atoms with Gasteiger partial charge in [0.05, 0.1) is 6.42 Å². The van der Waals surface area contributed by atoms with Crippen molar-refractivity contribution in [1.82, 2.24) is 0 Å². The summed E-state index contributed by atoms with van der Waals surface area (Å²) < 4.78 is 4.99. The first kappa shape index (κ1) is 15.5. The Bertz CT molecular complexity index is 205. The van der Waals surface area contributed by atoms with E-state index < -0.39 is 0 Å². The molecule has 18 heavy (non-hydrogen) atoms. The SMILES string of the molecule is CCCCCCCCCCCCC[C@H]1CC(=O)O1. The zero-order chi connectivity index (χ0) is 13.1. The summed E-state index contributed by atoms with van der Waals surface area (Å²) in [5, 5.41) is 0. The van der Waals surface area contributed by atoms with Gasteiger partial charge in [-0.05, 0) is 12.8 Å². The largest absolute Gasteiger partial charge is 0.462 e. The molecule has 0 bridgehead atoms. The van der Waals surface area contributed by atoms with Crippen molar-refractivity contribution in [3.8, 4) is 0 Å². The van der Waals surface area contributed by atoms with Crippen LogP contribution in [0, 0.1) is 0 Å². The van der Waals surface area contributed by atoms with Crippen LogP contribution in [0.15, 0.2) is 0 Å². The van der Waals surface area contributed by atoms with Gasteiger partial charge in [0.25, 0.3) is 0 Å². The molecule has 1 saturated heterocycles. The number of esters is 1. The molecule has 0 aromatic carbocycles. The molecule has 0 N–H and O–H groups in total. The van der Waals surface area contributed by atoms with Gasteiger partial charge in [-0.15, -0.1) is 0 Å². The molecule has 0 saturated carbocycles. The van der Waals surface area contributed by atoms with E-state index in [-0.39, 0.29) is 12.1 Å². The first-order chi connectivity index (χ1) is 8.83. The van der Waals surface area contributed by atoms with Gasteiger partial charge in [-0.3, -0.25) is 4.79 Å². The molecule has 1 atom stereocenters. The van der Waals surface area contributed by atoms with Gasteiger partial charge in [0.2, 0.25) is 0 Å². The Labute approximate surface area is 112 Å².